The normalized spacial score (nSPS) is 36.0. The fraction of sp³-hybridized carbons (Fsp3) is 0.731. The minimum atomic E-state index is -1.22. The number of hydrogen-bond donors (Lipinski definition) is 2. The van der Waals surface area contributed by atoms with Gasteiger partial charge in [0.2, 0.25) is 0 Å². The van der Waals surface area contributed by atoms with Gasteiger partial charge in [-0.25, -0.2) is 4.98 Å². The van der Waals surface area contributed by atoms with Crippen molar-refractivity contribution in [3.05, 3.63) is 21.7 Å². The smallest absolute Gasteiger partial charge is 0.309 e. The highest BCUT2D eigenvalue weighted by atomic mass is 32.1. The first-order valence-corrected chi connectivity index (χ1v) is 13.1. The molecule has 0 bridgehead atoms. The van der Waals surface area contributed by atoms with E-state index in [1.54, 1.807) is 32.1 Å². The van der Waals surface area contributed by atoms with Crippen LogP contribution in [0, 0.1) is 24.2 Å². The van der Waals surface area contributed by atoms with Gasteiger partial charge in [0.25, 0.3) is 0 Å². The molecule has 0 unspecified atom stereocenters. The van der Waals surface area contributed by atoms with Gasteiger partial charge in [0.1, 0.15) is 11.9 Å². The summed E-state index contributed by atoms with van der Waals surface area (Å²) in [6, 6.07) is 0. The van der Waals surface area contributed by atoms with Gasteiger partial charge in [0, 0.05) is 17.7 Å². The third-order valence-electron chi connectivity index (χ3n) is 7.41. The topological polar surface area (TPSA) is 109 Å². The molecule has 0 saturated carbocycles. The Hall–Kier alpha value is -1.61. The first kappa shape index (κ1) is 27.0. The molecule has 0 amide bonds. The number of thiazole rings is 1. The van der Waals surface area contributed by atoms with Crippen LogP contribution in [0.1, 0.15) is 77.4 Å². The zero-order chi connectivity index (χ0) is 25.2. The standard InChI is InChI=1S/C26H39NO6S/c1-14-8-7-9-19-21(32-19)11-20(15(2)10-18-13-34-17(4)27-18)33-23(29)12-22(28)26(5,6)25(31)16(3)24(14)30/h10,13-14,16,19-22,24,28,30H,7-9,11-12H2,1-6H3/b15-10+/t14-,16-,19-,20+,21+,22+,24+/m1/s1. The maximum atomic E-state index is 13.2. The zero-order valence-corrected chi connectivity index (χ0v) is 21.9. The molecule has 0 radical (unpaired) electrons. The average molecular weight is 494 g/mol. The molecule has 34 heavy (non-hydrogen) atoms. The Kier molecular flexibility index (Phi) is 8.71. The molecule has 1 aromatic rings. The van der Waals surface area contributed by atoms with Crippen LogP contribution in [0.2, 0.25) is 0 Å². The third-order valence-corrected chi connectivity index (χ3v) is 8.20. The molecule has 2 aliphatic rings. The predicted octanol–water partition coefficient (Wildman–Crippen LogP) is 4.09. The molecule has 1 aromatic heterocycles. The summed E-state index contributed by atoms with van der Waals surface area (Å²) in [5, 5.41) is 24.5. The largest absolute Gasteiger partial charge is 0.458 e. The van der Waals surface area contributed by atoms with Crippen LogP contribution in [0.25, 0.3) is 6.08 Å². The van der Waals surface area contributed by atoms with E-state index < -0.39 is 35.6 Å². The highest BCUT2D eigenvalue weighted by Crippen LogP contribution is 2.36. The van der Waals surface area contributed by atoms with Crippen LogP contribution in [0.3, 0.4) is 0 Å². The number of epoxide rings is 1. The molecule has 2 fully saturated rings. The monoisotopic (exact) mass is 493 g/mol. The van der Waals surface area contributed by atoms with E-state index in [4.69, 9.17) is 9.47 Å². The number of nitrogens with zero attached hydrogens (tertiary/aromatic N) is 1. The van der Waals surface area contributed by atoms with Crippen molar-refractivity contribution in [2.45, 2.75) is 104 Å². The Labute approximate surface area is 206 Å². The van der Waals surface area contributed by atoms with E-state index in [0.29, 0.717) is 6.42 Å². The van der Waals surface area contributed by atoms with Gasteiger partial charge in [-0.05, 0) is 44.3 Å². The van der Waals surface area contributed by atoms with Crippen molar-refractivity contribution in [2.24, 2.45) is 17.3 Å². The van der Waals surface area contributed by atoms with Crippen molar-refractivity contribution in [3.63, 3.8) is 0 Å². The van der Waals surface area contributed by atoms with Gasteiger partial charge in [-0.15, -0.1) is 11.3 Å². The molecule has 7 atom stereocenters. The number of aliphatic hydroxyl groups is 2. The van der Waals surface area contributed by atoms with Crippen molar-refractivity contribution in [3.8, 4) is 0 Å². The van der Waals surface area contributed by atoms with Crippen LogP contribution in [0.15, 0.2) is 11.0 Å². The van der Waals surface area contributed by atoms with Crippen molar-refractivity contribution < 1.29 is 29.3 Å². The number of rotatable bonds is 2. The van der Waals surface area contributed by atoms with Crippen LogP contribution < -0.4 is 0 Å². The summed E-state index contributed by atoms with van der Waals surface area (Å²) in [4.78, 5) is 30.5. The molecule has 3 heterocycles. The van der Waals surface area contributed by atoms with E-state index in [9.17, 15) is 19.8 Å². The number of aliphatic hydroxyl groups excluding tert-OH is 2. The Morgan fingerprint density at radius 2 is 1.91 bits per heavy atom. The van der Waals surface area contributed by atoms with Crippen molar-refractivity contribution >= 4 is 29.2 Å². The Bertz CT molecular complexity index is 909. The molecule has 0 spiro atoms. The first-order valence-electron chi connectivity index (χ1n) is 12.3. The van der Waals surface area contributed by atoms with E-state index in [-0.39, 0.29) is 30.3 Å². The number of carbonyl (C=O) groups is 2. The second-order valence-corrected chi connectivity index (χ2v) is 11.7. The van der Waals surface area contributed by atoms with E-state index in [2.05, 4.69) is 4.98 Å². The Morgan fingerprint density at radius 3 is 2.56 bits per heavy atom. The number of cyclic esters (lactones) is 1. The second kappa shape index (κ2) is 11.0. The molecule has 2 N–H and O–H groups in total. The maximum Gasteiger partial charge on any atom is 0.309 e. The zero-order valence-electron chi connectivity index (χ0n) is 21.1. The lowest BCUT2D eigenvalue weighted by atomic mass is 9.73. The van der Waals surface area contributed by atoms with Gasteiger partial charge in [-0.3, -0.25) is 9.59 Å². The van der Waals surface area contributed by atoms with Crippen LogP contribution in [0.5, 0.6) is 0 Å². The number of ether oxygens (including phenoxy) is 2. The molecule has 8 heteroatoms. The van der Waals surface area contributed by atoms with E-state index in [1.807, 2.05) is 32.2 Å². The molecule has 2 aliphatic heterocycles. The minimum Gasteiger partial charge on any atom is -0.458 e. The van der Waals surface area contributed by atoms with Crippen LogP contribution in [-0.2, 0) is 19.1 Å². The van der Waals surface area contributed by atoms with Gasteiger partial charge in [-0.1, -0.05) is 34.1 Å². The van der Waals surface area contributed by atoms with Gasteiger partial charge in [0.05, 0.1) is 47.0 Å². The number of aryl methyl sites for hydroxylation is 1. The average Bonchev–Trinajstić information content (AvgIpc) is 3.38. The fourth-order valence-corrected chi connectivity index (χ4v) is 5.35. The number of fused-ring (bicyclic) bond motifs is 1. The maximum absolute atomic E-state index is 13.2. The van der Waals surface area contributed by atoms with Crippen LogP contribution in [-0.4, -0.2) is 57.5 Å². The predicted molar refractivity (Wildman–Crippen MR) is 131 cm³/mol. The quantitative estimate of drug-likeness (QED) is 0.472. The summed E-state index contributed by atoms with van der Waals surface area (Å²) in [6.45, 7) is 10.8. The summed E-state index contributed by atoms with van der Waals surface area (Å²) in [6.07, 6.45) is 2.28. The SMILES string of the molecule is C/C(=C\c1csc(C)n1)[C@@H]1C[C@@H]2O[C@@H]2CCC[C@@H](C)[C@H](O)[C@@H](C)C(=O)C(C)(C)[C@@H](O)CC(=O)O1. The molecule has 3 rings (SSSR count). The third kappa shape index (κ3) is 6.53. The summed E-state index contributed by atoms with van der Waals surface area (Å²) >= 11 is 1.56. The Morgan fingerprint density at radius 1 is 1.21 bits per heavy atom. The molecule has 7 nitrogen and oxygen atoms in total. The van der Waals surface area contributed by atoms with Crippen LogP contribution in [0.4, 0.5) is 0 Å². The molecular weight excluding hydrogens is 454 g/mol. The summed E-state index contributed by atoms with van der Waals surface area (Å²) in [7, 11) is 0. The summed E-state index contributed by atoms with van der Waals surface area (Å²) < 4.78 is 11.7. The second-order valence-electron chi connectivity index (χ2n) is 10.6. The molecule has 0 aromatic carbocycles. The molecular formula is C26H39NO6S. The minimum absolute atomic E-state index is 0.00770. The van der Waals surface area contributed by atoms with Crippen molar-refractivity contribution in [1.29, 1.82) is 0 Å². The van der Waals surface area contributed by atoms with Gasteiger partial charge >= 0.3 is 5.97 Å². The van der Waals surface area contributed by atoms with E-state index >= 15 is 0 Å². The Balaban J connectivity index is 1.81. The number of Topliss-reactive ketones (excluding diaryl/α,β-unsaturated/α-hetero) is 1. The number of carbonyl (C=O) groups excluding carboxylic acids is 2. The van der Waals surface area contributed by atoms with Crippen LogP contribution >= 0.6 is 11.3 Å². The fourth-order valence-electron chi connectivity index (χ4n) is 4.78. The first-order chi connectivity index (χ1) is 15.9. The van der Waals surface area contributed by atoms with Gasteiger partial charge in [0.15, 0.2) is 0 Å². The number of hydrogen-bond acceptors (Lipinski definition) is 8. The number of ketones is 1. The molecule has 0 aliphatic carbocycles. The van der Waals surface area contributed by atoms with Gasteiger partial charge < -0.3 is 19.7 Å². The molecule has 2 saturated heterocycles. The van der Waals surface area contributed by atoms with E-state index in [0.717, 1.165) is 35.5 Å². The lowest BCUT2D eigenvalue weighted by molar-refractivity contribution is -0.154. The van der Waals surface area contributed by atoms with Crippen molar-refractivity contribution in [2.75, 3.05) is 0 Å². The van der Waals surface area contributed by atoms with Crippen molar-refractivity contribution in [1.82, 2.24) is 4.98 Å². The highest BCUT2D eigenvalue weighted by Gasteiger charge is 2.44. The van der Waals surface area contributed by atoms with Gasteiger partial charge in [-0.2, -0.15) is 0 Å². The number of esters is 1. The summed E-state index contributed by atoms with van der Waals surface area (Å²) in [5.74, 6) is -1.52. The highest BCUT2D eigenvalue weighted by molar-refractivity contribution is 7.09. The molecule has 190 valence electrons. The lowest BCUT2D eigenvalue weighted by Gasteiger charge is -2.34. The van der Waals surface area contributed by atoms with E-state index in [1.165, 1.54) is 0 Å². The lowest BCUT2D eigenvalue weighted by Crippen LogP contribution is -2.45. The number of aromatic nitrogens is 1. The summed E-state index contributed by atoms with van der Waals surface area (Å²) in [5.41, 5.74) is 0.494.